The fourth-order valence-corrected chi connectivity index (χ4v) is 5.84. The molecule has 1 saturated carbocycles. The molecule has 1 spiro atoms. The molecule has 33 heavy (non-hydrogen) atoms. The Labute approximate surface area is 200 Å². The highest BCUT2D eigenvalue weighted by atomic mass is 16.5. The maximum atomic E-state index is 11.0. The smallest absolute Gasteiger partial charge is 0.241 e. The molecule has 1 aliphatic heterocycles. The van der Waals surface area contributed by atoms with Crippen molar-refractivity contribution in [2.45, 2.75) is 103 Å². The zero-order valence-electron chi connectivity index (χ0n) is 21.2. The first-order valence-electron chi connectivity index (χ1n) is 12.8. The summed E-state index contributed by atoms with van der Waals surface area (Å²) in [4.78, 5) is 11.0. The van der Waals surface area contributed by atoms with Crippen LogP contribution in [-0.2, 0) is 9.53 Å². The van der Waals surface area contributed by atoms with Crippen molar-refractivity contribution in [2.24, 2.45) is 35.3 Å². The van der Waals surface area contributed by atoms with E-state index in [1.807, 2.05) is 20.8 Å². The Balaban J connectivity index is 2.01. The van der Waals surface area contributed by atoms with Crippen LogP contribution in [0.25, 0.3) is 0 Å². The number of nitrogens with two attached hydrogens (primary N) is 1. The fourth-order valence-electron chi connectivity index (χ4n) is 5.84. The third-order valence-electron chi connectivity index (χ3n) is 8.50. The van der Waals surface area contributed by atoms with Crippen molar-refractivity contribution in [3.05, 3.63) is 23.8 Å². The van der Waals surface area contributed by atoms with Crippen molar-refractivity contribution in [3.8, 4) is 0 Å². The van der Waals surface area contributed by atoms with Gasteiger partial charge in [0.15, 0.2) is 0 Å². The molecule has 5 N–H and O–H groups in total. The molecule has 0 aromatic heterocycles. The summed E-state index contributed by atoms with van der Waals surface area (Å²) in [6.45, 7) is 10.5. The van der Waals surface area contributed by atoms with Crippen molar-refractivity contribution in [2.75, 3.05) is 6.61 Å². The van der Waals surface area contributed by atoms with Gasteiger partial charge in [0.2, 0.25) is 5.91 Å². The summed E-state index contributed by atoms with van der Waals surface area (Å²) in [7, 11) is 0. The summed E-state index contributed by atoms with van der Waals surface area (Å²) in [6.07, 6.45) is 9.96. The van der Waals surface area contributed by atoms with Gasteiger partial charge in [-0.25, -0.2) is 0 Å². The molecule has 1 heterocycles. The van der Waals surface area contributed by atoms with Crippen LogP contribution in [0.2, 0.25) is 0 Å². The Morgan fingerprint density at radius 2 is 1.88 bits per heavy atom. The van der Waals surface area contributed by atoms with Gasteiger partial charge in [0.05, 0.1) is 23.9 Å². The number of amides is 1. The quantitative estimate of drug-likeness (QED) is 0.290. The number of carbonyl (C=O) groups excluding carboxylic acids is 1. The number of primary amides is 1. The maximum absolute atomic E-state index is 11.0. The van der Waals surface area contributed by atoms with Crippen LogP contribution in [0.3, 0.4) is 0 Å². The Hall–Kier alpha value is -1.21. The van der Waals surface area contributed by atoms with E-state index in [2.05, 4.69) is 19.9 Å². The summed E-state index contributed by atoms with van der Waals surface area (Å²) in [5, 5.41) is 31.6. The number of aliphatic hydroxyl groups excluding tert-OH is 3. The van der Waals surface area contributed by atoms with E-state index in [9.17, 15) is 20.1 Å². The van der Waals surface area contributed by atoms with E-state index in [-0.39, 0.29) is 30.5 Å². The zero-order chi connectivity index (χ0) is 24.8. The van der Waals surface area contributed by atoms with Gasteiger partial charge in [-0.3, -0.25) is 4.79 Å². The predicted molar refractivity (Wildman–Crippen MR) is 131 cm³/mol. The number of ether oxygens (including phenoxy) is 1. The van der Waals surface area contributed by atoms with Crippen LogP contribution in [0.15, 0.2) is 23.8 Å². The predicted octanol–water partition coefficient (Wildman–Crippen LogP) is 3.73. The molecule has 2 fully saturated rings. The van der Waals surface area contributed by atoms with Crippen LogP contribution in [0.1, 0.15) is 79.6 Å². The molecule has 6 nitrogen and oxygen atoms in total. The van der Waals surface area contributed by atoms with E-state index in [4.69, 9.17) is 10.5 Å². The number of allylic oxidation sites excluding steroid dienone is 3. The van der Waals surface area contributed by atoms with E-state index in [0.717, 1.165) is 44.1 Å². The lowest BCUT2D eigenvalue weighted by molar-refractivity contribution is -0.240. The van der Waals surface area contributed by atoms with Gasteiger partial charge in [-0.1, -0.05) is 45.4 Å². The molecule has 2 aliphatic rings. The normalized spacial score (nSPS) is 37.4. The molecule has 1 aliphatic carbocycles. The van der Waals surface area contributed by atoms with Crippen molar-refractivity contribution >= 4 is 5.91 Å². The second kappa shape index (κ2) is 12.5. The van der Waals surface area contributed by atoms with Gasteiger partial charge < -0.3 is 25.8 Å². The van der Waals surface area contributed by atoms with Crippen LogP contribution in [-0.4, -0.2) is 51.7 Å². The Bertz CT molecular complexity index is 678. The van der Waals surface area contributed by atoms with Gasteiger partial charge in [-0.05, 0) is 63.2 Å². The summed E-state index contributed by atoms with van der Waals surface area (Å²) in [5.41, 5.74) is 5.77. The van der Waals surface area contributed by atoms with Crippen molar-refractivity contribution in [1.29, 1.82) is 0 Å². The topological polar surface area (TPSA) is 113 Å². The summed E-state index contributed by atoms with van der Waals surface area (Å²) >= 11 is 0. The molecular weight excluding hydrogens is 418 g/mol. The molecule has 0 aromatic rings. The molecule has 9 atom stereocenters. The van der Waals surface area contributed by atoms with Gasteiger partial charge >= 0.3 is 0 Å². The number of carbonyl (C=O) groups is 1. The van der Waals surface area contributed by atoms with E-state index >= 15 is 0 Å². The lowest BCUT2D eigenvalue weighted by Gasteiger charge is -2.55. The van der Waals surface area contributed by atoms with Gasteiger partial charge in [0.25, 0.3) is 0 Å². The molecular formula is C27H47NO5. The minimum atomic E-state index is -0.484. The van der Waals surface area contributed by atoms with Crippen molar-refractivity contribution in [3.63, 3.8) is 0 Å². The van der Waals surface area contributed by atoms with E-state index < -0.39 is 23.7 Å². The molecule has 0 radical (unpaired) electrons. The summed E-state index contributed by atoms with van der Waals surface area (Å²) in [6, 6.07) is 0. The number of aliphatic hydroxyl groups is 3. The summed E-state index contributed by atoms with van der Waals surface area (Å²) < 4.78 is 6.52. The van der Waals surface area contributed by atoms with E-state index in [1.165, 1.54) is 6.08 Å². The molecule has 190 valence electrons. The lowest BCUT2D eigenvalue weighted by atomic mass is 9.62. The van der Waals surface area contributed by atoms with Crippen LogP contribution >= 0.6 is 0 Å². The fraction of sp³-hybridized carbons (Fsp3) is 0.815. The SMILES string of the molecule is CCC(/C=C/C(N)=O)=C\CCC(CO)CC(C)[C@H]1C[C@H](O)[C@H](C)[C@@]2(C1)C[C@@H](O)[C@H](C)[C@@H](C)O2. The average molecular weight is 466 g/mol. The third kappa shape index (κ3) is 7.38. The minimum absolute atomic E-state index is 0.00903. The Morgan fingerprint density at radius 3 is 2.45 bits per heavy atom. The minimum Gasteiger partial charge on any atom is -0.396 e. The highest BCUT2D eigenvalue weighted by Gasteiger charge is 2.53. The first-order chi connectivity index (χ1) is 15.5. The first-order valence-corrected chi connectivity index (χ1v) is 12.8. The number of rotatable bonds is 10. The zero-order valence-corrected chi connectivity index (χ0v) is 21.2. The van der Waals surface area contributed by atoms with Crippen molar-refractivity contribution in [1.82, 2.24) is 0 Å². The molecule has 1 saturated heterocycles. The van der Waals surface area contributed by atoms with Gasteiger partial charge in [-0.15, -0.1) is 0 Å². The third-order valence-corrected chi connectivity index (χ3v) is 8.50. The molecule has 6 heteroatoms. The maximum Gasteiger partial charge on any atom is 0.241 e. The van der Waals surface area contributed by atoms with Crippen molar-refractivity contribution < 1.29 is 24.9 Å². The molecule has 2 rings (SSSR count). The van der Waals surface area contributed by atoms with E-state index in [1.54, 1.807) is 6.08 Å². The Morgan fingerprint density at radius 1 is 1.18 bits per heavy atom. The van der Waals surface area contributed by atoms with Gasteiger partial charge in [0, 0.05) is 30.9 Å². The number of hydrogen-bond acceptors (Lipinski definition) is 5. The first kappa shape index (κ1) is 28.0. The van der Waals surface area contributed by atoms with Crippen LogP contribution in [0.5, 0.6) is 0 Å². The van der Waals surface area contributed by atoms with Crippen LogP contribution < -0.4 is 5.73 Å². The van der Waals surface area contributed by atoms with Crippen LogP contribution in [0.4, 0.5) is 0 Å². The van der Waals surface area contributed by atoms with Gasteiger partial charge in [-0.2, -0.15) is 0 Å². The Kier molecular flexibility index (Phi) is 10.6. The highest BCUT2D eigenvalue weighted by molar-refractivity contribution is 5.86. The largest absolute Gasteiger partial charge is 0.396 e. The van der Waals surface area contributed by atoms with E-state index in [0.29, 0.717) is 18.3 Å². The summed E-state index contributed by atoms with van der Waals surface area (Å²) in [5.74, 6) is 0.440. The number of hydrogen-bond donors (Lipinski definition) is 4. The van der Waals surface area contributed by atoms with Gasteiger partial charge in [0.1, 0.15) is 0 Å². The molecule has 2 unspecified atom stereocenters. The molecule has 1 amide bonds. The second-order valence-corrected chi connectivity index (χ2v) is 10.8. The standard InChI is InChI=1S/C27H47NO5/c1-6-21(10-11-26(28)32)8-7-9-22(16-29)12-17(2)23-13-24(30)19(4)27(14-23)15-25(31)18(3)20(5)33-27/h8,10-11,17-20,22-25,29-31H,6-7,9,12-16H2,1-5H3,(H2,28,32)/b11-10+,21-8+/t17?,18-,19+,20-,22?,23+,24+,25-,27-/m1/s1. The highest BCUT2D eigenvalue weighted by Crippen LogP contribution is 2.49. The molecule has 0 aromatic carbocycles. The average Bonchev–Trinajstić information content (AvgIpc) is 2.76. The lowest BCUT2D eigenvalue weighted by Crippen LogP contribution is -2.59. The second-order valence-electron chi connectivity index (χ2n) is 10.8. The molecule has 0 bridgehead atoms. The van der Waals surface area contributed by atoms with Crippen LogP contribution in [0, 0.1) is 29.6 Å². The monoisotopic (exact) mass is 465 g/mol.